The van der Waals surface area contributed by atoms with Crippen LogP contribution >= 0.6 is 15.9 Å². The molecule has 0 aromatic carbocycles. The van der Waals surface area contributed by atoms with Crippen molar-refractivity contribution < 1.29 is 4.79 Å². The first kappa shape index (κ1) is 11.5. The van der Waals surface area contributed by atoms with E-state index < -0.39 is 0 Å². The van der Waals surface area contributed by atoms with Gasteiger partial charge < -0.3 is 0 Å². The zero-order valence-electron chi connectivity index (χ0n) is 9.86. The third-order valence-corrected chi connectivity index (χ3v) is 4.88. The highest BCUT2D eigenvalue weighted by Crippen LogP contribution is 2.49. The second-order valence-electron chi connectivity index (χ2n) is 5.59. The molecule has 1 spiro atoms. The molecule has 4 heteroatoms. The Bertz CT molecular complexity index is 432. The van der Waals surface area contributed by atoms with Crippen molar-refractivity contribution in [2.24, 2.45) is 5.41 Å². The van der Waals surface area contributed by atoms with Gasteiger partial charge in [0.1, 0.15) is 5.78 Å². The summed E-state index contributed by atoms with van der Waals surface area (Å²) in [6, 6.07) is 0.530. The van der Waals surface area contributed by atoms with E-state index in [1.54, 1.807) is 0 Å². The van der Waals surface area contributed by atoms with E-state index in [1.165, 1.54) is 25.7 Å². The molecule has 3 rings (SSSR count). The minimum absolute atomic E-state index is 0.359. The third kappa shape index (κ3) is 2.19. The van der Waals surface area contributed by atoms with E-state index in [9.17, 15) is 4.79 Å². The molecule has 2 aliphatic carbocycles. The maximum Gasteiger partial charge on any atom is 0.133 e. The second kappa shape index (κ2) is 4.23. The molecular weight excluding hydrogens is 280 g/mol. The molecule has 17 heavy (non-hydrogen) atoms. The molecule has 2 fully saturated rings. The normalized spacial score (nSPS) is 33.5. The molecule has 0 amide bonds. The minimum Gasteiger partial charge on any atom is -0.300 e. The molecule has 2 saturated carbocycles. The summed E-state index contributed by atoms with van der Waals surface area (Å²) in [4.78, 5) is 11.4. The number of nitrogens with zero attached hydrogens (tertiary/aromatic N) is 2. The molecule has 92 valence electrons. The van der Waals surface area contributed by atoms with E-state index in [4.69, 9.17) is 0 Å². The van der Waals surface area contributed by atoms with Gasteiger partial charge in [-0.15, -0.1) is 0 Å². The van der Waals surface area contributed by atoms with Gasteiger partial charge in [0.25, 0.3) is 0 Å². The maximum atomic E-state index is 11.4. The van der Waals surface area contributed by atoms with Crippen LogP contribution in [0, 0.1) is 5.41 Å². The SMILES string of the molecule is O=C1CCC2(CCC(n3cc(Br)cn3)CC2)C1. The Kier molecular flexibility index (Phi) is 2.85. The van der Waals surface area contributed by atoms with Crippen molar-refractivity contribution in [2.75, 3.05) is 0 Å². The number of ketones is 1. The van der Waals surface area contributed by atoms with Crippen LogP contribution in [0.4, 0.5) is 0 Å². The highest BCUT2D eigenvalue weighted by Gasteiger charge is 2.41. The largest absolute Gasteiger partial charge is 0.300 e. The van der Waals surface area contributed by atoms with Crippen molar-refractivity contribution in [2.45, 2.75) is 51.0 Å². The number of halogens is 1. The molecule has 3 nitrogen and oxygen atoms in total. The van der Waals surface area contributed by atoms with Crippen molar-refractivity contribution in [1.29, 1.82) is 0 Å². The molecule has 2 aliphatic rings. The van der Waals surface area contributed by atoms with Gasteiger partial charge in [0, 0.05) is 19.0 Å². The lowest BCUT2D eigenvalue weighted by Gasteiger charge is -2.36. The van der Waals surface area contributed by atoms with Gasteiger partial charge >= 0.3 is 0 Å². The zero-order valence-corrected chi connectivity index (χ0v) is 11.4. The molecule has 0 saturated heterocycles. The van der Waals surface area contributed by atoms with Gasteiger partial charge in [-0.05, 0) is 53.4 Å². The lowest BCUT2D eigenvalue weighted by Crippen LogP contribution is -2.26. The highest BCUT2D eigenvalue weighted by atomic mass is 79.9. The van der Waals surface area contributed by atoms with Gasteiger partial charge in [-0.1, -0.05) is 0 Å². The Morgan fingerprint density at radius 2 is 2.12 bits per heavy atom. The lowest BCUT2D eigenvalue weighted by molar-refractivity contribution is -0.118. The Morgan fingerprint density at radius 1 is 1.35 bits per heavy atom. The quantitative estimate of drug-likeness (QED) is 0.795. The first-order valence-electron chi connectivity index (χ1n) is 6.38. The van der Waals surface area contributed by atoms with Crippen molar-refractivity contribution in [3.8, 4) is 0 Å². The molecule has 0 unspecified atom stereocenters. The van der Waals surface area contributed by atoms with Gasteiger partial charge in [0.2, 0.25) is 0 Å². The predicted molar refractivity (Wildman–Crippen MR) is 68.7 cm³/mol. The highest BCUT2D eigenvalue weighted by molar-refractivity contribution is 9.10. The first-order valence-corrected chi connectivity index (χ1v) is 7.18. The Hall–Kier alpha value is -0.640. The number of aromatic nitrogens is 2. The van der Waals surface area contributed by atoms with Crippen LogP contribution in [-0.4, -0.2) is 15.6 Å². The fourth-order valence-corrected chi connectivity index (χ4v) is 3.72. The van der Waals surface area contributed by atoms with Crippen LogP contribution in [0.25, 0.3) is 0 Å². The van der Waals surface area contributed by atoms with Crippen LogP contribution in [0.1, 0.15) is 51.0 Å². The van der Waals surface area contributed by atoms with Crippen LogP contribution in [0.2, 0.25) is 0 Å². The van der Waals surface area contributed by atoms with E-state index in [0.29, 0.717) is 17.2 Å². The molecule has 0 atom stereocenters. The second-order valence-corrected chi connectivity index (χ2v) is 6.50. The maximum absolute atomic E-state index is 11.4. The summed E-state index contributed by atoms with van der Waals surface area (Å²) in [5, 5.41) is 4.37. The zero-order chi connectivity index (χ0) is 11.9. The summed E-state index contributed by atoms with van der Waals surface area (Å²) in [5.74, 6) is 0.477. The number of rotatable bonds is 1. The fourth-order valence-electron chi connectivity index (χ4n) is 3.42. The monoisotopic (exact) mass is 296 g/mol. The Labute approximate surface area is 110 Å². The number of carbonyl (C=O) groups excluding carboxylic acids is 1. The number of hydrogen-bond acceptors (Lipinski definition) is 2. The number of hydrogen-bond donors (Lipinski definition) is 0. The fraction of sp³-hybridized carbons (Fsp3) is 0.692. The molecule has 0 N–H and O–H groups in total. The average molecular weight is 297 g/mol. The summed E-state index contributed by atoms with van der Waals surface area (Å²) in [7, 11) is 0. The van der Waals surface area contributed by atoms with Crippen molar-refractivity contribution in [3.05, 3.63) is 16.9 Å². The van der Waals surface area contributed by atoms with Crippen LogP contribution < -0.4 is 0 Å². The van der Waals surface area contributed by atoms with E-state index in [1.807, 2.05) is 6.20 Å². The summed E-state index contributed by atoms with van der Waals surface area (Å²) < 4.78 is 3.13. The van der Waals surface area contributed by atoms with Gasteiger partial charge in [-0.25, -0.2) is 0 Å². The Morgan fingerprint density at radius 3 is 2.65 bits per heavy atom. The first-order chi connectivity index (χ1) is 8.17. The molecule has 0 radical (unpaired) electrons. The van der Waals surface area contributed by atoms with Gasteiger partial charge in [-0.2, -0.15) is 5.10 Å². The average Bonchev–Trinajstić information content (AvgIpc) is 2.88. The summed E-state index contributed by atoms with van der Waals surface area (Å²) >= 11 is 3.44. The molecular formula is C13H17BrN2O. The van der Waals surface area contributed by atoms with Crippen LogP contribution in [-0.2, 0) is 4.79 Å². The summed E-state index contributed by atoms with van der Waals surface area (Å²) in [6.07, 6.45) is 11.4. The van der Waals surface area contributed by atoms with Crippen LogP contribution in [0.3, 0.4) is 0 Å². The van der Waals surface area contributed by atoms with E-state index in [2.05, 4.69) is 31.9 Å². The summed E-state index contributed by atoms with van der Waals surface area (Å²) in [6.45, 7) is 0. The molecule has 0 aliphatic heterocycles. The van der Waals surface area contributed by atoms with Crippen LogP contribution in [0.15, 0.2) is 16.9 Å². The van der Waals surface area contributed by atoms with E-state index in [0.717, 1.165) is 23.7 Å². The van der Waals surface area contributed by atoms with E-state index in [-0.39, 0.29) is 0 Å². The van der Waals surface area contributed by atoms with Gasteiger partial charge in [0.05, 0.1) is 16.7 Å². The molecule has 1 heterocycles. The summed E-state index contributed by atoms with van der Waals surface area (Å²) in [5.41, 5.74) is 0.359. The number of carbonyl (C=O) groups is 1. The standard InChI is InChI=1S/C13H17BrN2O/c14-10-8-15-16(9-10)11-1-4-13(5-2-11)6-3-12(17)7-13/h8-9,11H,1-7H2. The minimum atomic E-state index is 0.359. The smallest absolute Gasteiger partial charge is 0.133 e. The molecule has 1 aromatic rings. The van der Waals surface area contributed by atoms with Crippen molar-refractivity contribution >= 4 is 21.7 Å². The van der Waals surface area contributed by atoms with Gasteiger partial charge in [-0.3, -0.25) is 9.48 Å². The van der Waals surface area contributed by atoms with E-state index >= 15 is 0 Å². The predicted octanol–water partition coefficient (Wildman–Crippen LogP) is 3.50. The number of Topliss-reactive ketones (excluding diaryl/α,β-unsaturated/α-hetero) is 1. The third-order valence-electron chi connectivity index (χ3n) is 4.47. The van der Waals surface area contributed by atoms with Crippen molar-refractivity contribution in [3.63, 3.8) is 0 Å². The van der Waals surface area contributed by atoms with Gasteiger partial charge in [0.15, 0.2) is 0 Å². The molecule has 1 aromatic heterocycles. The lowest BCUT2D eigenvalue weighted by atomic mass is 9.71. The Balaban J connectivity index is 1.66. The topological polar surface area (TPSA) is 34.9 Å². The molecule has 0 bridgehead atoms. The van der Waals surface area contributed by atoms with Crippen LogP contribution in [0.5, 0.6) is 0 Å². The van der Waals surface area contributed by atoms with Crippen molar-refractivity contribution in [1.82, 2.24) is 9.78 Å².